The second-order valence-electron chi connectivity index (χ2n) is 14.0. The van der Waals surface area contributed by atoms with Crippen LogP contribution in [0, 0.1) is 17.6 Å². The molecule has 13 nitrogen and oxygen atoms in total. The van der Waals surface area contributed by atoms with Crippen LogP contribution in [0.3, 0.4) is 0 Å². The van der Waals surface area contributed by atoms with Crippen LogP contribution < -0.4 is 14.9 Å². The second-order valence-corrected chi connectivity index (χ2v) is 15.8. The van der Waals surface area contributed by atoms with Crippen molar-refractivity contribution in [3.05, 3.63) is 82.9 Å². The number of aryl methyl sites for hydroxylation is 1. The molecule has 57 heavy (non-hydrogen) atoms. The molecule has 304 valence electrons. The molecule has 1 saturated heterocycles. The lowest BCUT2D eigenvalue weighted by Crippen LogP contribution is -2.39. The van der Waals surface area contributed by atoms with Gasteiger partial charge in [-0.15, -0.1) is 0 Å². The Morgan fingerprint density at radius 1 is 1.00 bits per heavy atom. The number of sulfonamides is 1. The molecule has 3 aromatic heterocycles. The molecule has 1 unspecified atom stereocenters. The Morgan fingerprint density at radius 3 is 2.33 bits per heavy atom. The number of halogens is 7. The molecule has 21 heteroatoms. The van der Waals surface area contributed by atoms with Gasteiger partial charge in [-0.1, -0.05) is 18.6 Å². The number of ether oxygens (including phenoxy) is 1. The van der Waals surface area contributed by atoms with Crippen molar-refractivity contribution < 1.29 is 48.7 Å². The fraction of sp³-hybridized carbons (Fsp3) is 0.417. The molecule has 2 aliphatic rings. The zero-order valence-corrected chi connectivity index (χ0v) is 31.3. The highest BCUT2D eigenvalue weighted by molar-refractivity contribution is 7.92. The first-order chi connectivity index (χ1) is 26.9. The van der Waals surface area contributed by atoms with Gasteiger partial charge in [-0.3, -0.25) is 18.9 Å². The van der Waals surface area contributed by atoms with Crippen LogP contribution in [0.15, 0.2) is 48.7 Å². The Bertz CT molecular complexity index is 2410. The number of carbonyl (C=O) groups is 1. The predicted molar refractivity (Wildman–Crippen MR) is 193 cm³/mol. The summed E-state index contributed by atoms with van der Waals surface area (Å²) in [5.41, 5.74) is -1.51. The van der Waals surface area contributed by atoms with E-state index in [1.165, 1.54) is 10.9 Å². The molecule has 2 N–H and O–H groups in total. The van der Waals surface area contributed by atoms with Gasteiger partial charge in [0.05, 0.1) is 36.7 Å². The molecule has 4 heterocycles. The normalized spacial score (nSPS) is 16.1. The zero-order valence-electron chi connectivity index (χ0n) is 30.5. The van der Waals surface area contributed by atoms with Crippen molar-refractivity contribution in [3.63, 3.8) is 0 Å². The number of hydrogen-bond donors (Lipinski definition) is 2. The minimum Gasteiger partial charge on any atom is -0.378 e. The second kappa shape index (κ2) is 15.2. The Kier molecular flexibility index (Phi) is 10.7. The van der Waals surface area contributed by atoms with E-state index in [9.17, 15) is 35.2 Å². The summed E-state index contributed by atoms with van der Waals surface area (Å²) in [6, 6.07) is 6.51. The summed E-state index contributed by atoms with van der Waals surface area (Å²) < 4.78 is 136. The van der Waals surface area contributed by atoms with Gasteiger partial charge in [0, 0.05) is 54.8 Å². The third-order valence-corrected chi connectivity index (χ3v) is 10.5. The lowest BCUT2D eigenvalue weighted by atomic mass is 9.79. The number of para-hydroxylation sites is 1. The predicted octanol–water partition coefficient (Wildman–Crippen LogP) is 5.72. The highest BCUT2D eigenvalue weighted by Crippen LogP contribution is 2.47. The third kappa shape index (κ3) is 8.53. The van der Waals surface area contributed by atoms with Gasteiger partial charge in [-0.25, -0.2) is 27.2 Å². The summed E-state index contributed by atoms with van der Waals surface area (Å²) in [5, 5.41) is 10.8. The Balaban J connectivity index is 1.36. The van der Waals surface area contributed by atoms with Gasteiger partial charge >= 0.3 is 6.18 Å². The number of anilines is 2. The van der Waals surface area contributed by atoms with Crippen LogP contribution in [0.25, 0.3) is 22.0 Å². The monoisotopic (exact) mass is 823 g/mol. The lowest BCUT2D eigenvalue weighted by Gasteiger charge is -2.33. The van der Waals surface area contributed by atoms with Crippen LogP contribution in [0.5, 0.6) is 0 Å². The number of carbonyl (C=O) groups excluding carboxylic acids is 1. The van der Waals surface area contributed by atoms with Crippen LogP contribution in [-0.2, 0) is 51.7 Å². The minimum absolute atomic E-state index is 0.0105. The Labute approximate surface area is 321 Å². The molecule has 2 aromatic carbocycles. The Hall–Kier alpha value is -5.31. The number of hydrogen-bond acceptors (Lipinski definition) is 9. The van der Waals surface area contributed by atoms with Crippen molar-refractivity contribution in [3.8, 4) is 11.1 Å². The molecule has 7 rings (SSSR count). The maximum Gasteiger partial charge on any atom is 0.435 e. The molecule has 2 fully saturated rings. The van der Waals surface area contributed by atoms with Gasteiger partial charge in [0.2, 0.25) is 21.9 Å². The molecule has 1 atom stereocenters. The van der Waals surface area contributed by atoms with E-state index in [1.54, 1.807) is 30.1 Å². The van der Waals surface area contributed by atoms with E-state index in [0.717, 1.165) is 18.4 Å². The molecular weight excluding hydrogens is 788 g/mol. The maximum atomic E-state index is 15.6. The van der Waals surface area contributed by atoms with Crippen LogP contribution >= 0.6 is 0 Å². The number of nitrogens with zero attached hydrogens (tertiary/aromatic N) is 7. The molecule has 5 aromatic rings. The number of benzene rings is 2. The van der Waals surface area contributed by atoms with Crippen molar-refractivity contribution in [2.24, 2.45) is 13.0 Å². The number of aromatic nitrogens is 6. The first-order valence-electron chi connectivity index (χ1n) is 17.8. The van der Waals surface area contributed by atoms with Crippen LogP contribution in [-0.4, -0.2) is 76.4 Å². The van der Waals surface area contributed by atoms with Gasteiger partial charge in [0.25, 0.3) is 5.92 Å². The molecule has 0 radical (unpaired) electrons. The molecular formula is C36H36F7N9O4S. The van der Waals surface area contributed by atoms with E-state index in [-0.39, 0.29) is 53.9 Å². The number of amides is 1. The SMILES string of the molecule is Cn1nc(NS(C)(=O)=O)c2cccc(-c3cnc(N4CCOCC4)nc3C(Cc3cc(F)cc(F)c3)NC(=O)Cn3nc(C(F)(F)F)cc3C(F)(F)C3CCC3)c21. The van der Waals surface area contributed by atoms with Gasteiger partial charge in [0.15, 0.2) is 11.5 Å². The molecule has 1 amide bonds. The lowest BCUT2D eigenvalue weighted by molar-refractivity contribution is -0.141. The summed E-state index contributed by atoms with van der Waals surface area (Å²) in [4.78, 5) is 25.2. The fourth-order valence-electron chi connectivity index (χ4n) is 7.06. The van der Waals surface area contributed by atoms with E-state index in [2.05, 4.69) is 25.2 Å². The fourth-order valence-corrected chi connectivity index (χ4v) is 7.56. The van der Waals surface area contributed by atoms with E-state index < -0.39 is 69.6 Å². The third-order valence-electron chi connectivity index (χ3n) is 9.89. The summed E-state index contributed by atoms with van der Waals surface area (Å²) in [5.74, 6) is -7.70. The van der Waals surface area contributed by atoms with E-state index in [4.69, 9.17) is 9.72 Å². The summed E-state index contributed by atoms with van der Waals surface area (Å²) in [7, 11) is -2.20. The van der Waals surface area contributed by atoms with Crippen LogP contribution in [0.1, 0.15) is 47.9 Å². The highest BCUT2D eigenvalue weighted by Gasteiger charge is 2.49. The zero-order chi connectivity index (χ0) is 40.9. The quantitative estimate of drug-likeness (QED) is 0.151. The standard InChI is InChI=1S/C36H36F7N9O4S/c1-50-32-24(7-4-8-25(32)33(48-50)49-57(2,54)55)26-18-44-34(51-9-11-56-12-10-51)46-31(26)27(15-20-13-22(37)16-23(38)14-20)45-30(53)19-52-29(17-28(47-52)36(41,42)43)35(39,40)21-5-3-6-21/h4,7-8,13-14,16-18,21,27H,3,5-6,9-12,15,19H2,1-2H3,(H,45,53)(H,48,49). The summed E-state index contributed by atoms with van der Waals surface area (Å²) >= 11 is 0. The average molecular weight is 824 g/mol. The van der Waals surface area contributed by atoms with Crippen molar-refractivity contribution in [2.45, 2.75) is 50.4 Å². The maximum absolute atomic E-state index is 15.6. The van der Waals surface area contributed by atoms with Crippen molar-refractivity contribution >= 4 is 38.6 Å². The molecule has 1 aliphatic heterocycles. The minimum atomic E-state index is -5.09. The van der Waals surface area contributed by atoms with Crippen molar-refractivity contribution in [2.75, 3.05) is 42.2 Å². The van der Waals surface area contributed by atoms with Gasteiger partial charge in [-0.05, 0) is 49.1 Å². The van der Waals surface area contributed by atoms with Crippen LogP contribution in [0.2, 0.25) is 0 Å². The van der Waals surface area contributed by atoms with Crippen molar-refractivity contribution in [1.82, 2.24) is 34.8 Å². The van der Waals surface area contributed by atoms with E-state index in [1.807, 2.05) is 0 Å². The number of rotatable bonds is 12. The van der Waals surface area contributed by atoms with Crippen LogP contribution in [0.4, 0.5) is 42.5 Å². The number of fused-ring (bicyclic) bond motifs is 1. The van der Waals surface area contributed by atoms with Gasteiger partial charge < -0.3 is 15.0 Å². The van der Waals surface area contributed by atoms with Gasteiger partial charge in [-0.2, -0.15) is 32.1 Å². The summed E-state index contributed by atoms with van der Waals surface area (Å²) in [6.07, 6.45) is -2.40. The highest BCUT2D eigenvalue weighted by atomic mass is 32.2. The van der Waals surface area contributed by atoms with E-state index in [0.29, 0.717) is 59.9 Å². The molecule has 0 spiro atoms. The first kappa shape index (κ1) is 39.9. The number of morpholine rings is 1. The van der Waals surface area contributed by atoms with E-state index >= 15 is 8.78 Å². The molecule has 1 aliphatic carbocycles. The topological polar surface area (TPSA) is 149 Å². The molecule has 0 bridgehead atoms. The Morgan fingerprint density at radius 2 is 1.70 bits per heavy atom. The number of alkyl halides is 5. The average Bonchev–Trinajstić information content (AvgIpc) is 3.67. The largest absolute Gasteiger partial charge is 0.435 e. The van der Waals surface area contributed by atoms with Crippen molar-refractivity contribution in [1.29, 1.82) is 0 Å². The molecule has 1 saturated carbocycles. The van der Waals surface area contributed by atoms with Gasteiger partial charge in [0.1, 0.15) is 23.9 Å². The number of nitrogens with one attached hydrogen (secondary N) is 2. The summed E-state index contributed by atoms with van der Waals surface area (Å²) in [6.45, 7) is 0.357. The first-order valence-corrected chi connectivity index (χ1v) is 19.7. The smallest absolute Gasteiger partial charge is 0.378 e.